The lowest BCUT2D eigenvalue weighted by molar-refractivity contribution is 0.362. The van der Waals surface area contributed by atoms with Gasteiger partial charge in [-0.1, -0.05) is 18.2 Å². The molecule has 0 saturated heterocycles. The second-order valence-corrected chi connectivity index (χ2v) is 3.41. The fraction of sp³-hybridized carbons (Fsp3) is 0.333. The summed E-state index contributed by atoms with van der Waals surface area (Å²) in [7, 11) is 4.01. The van der Waals surface area contributed by atoms with E-state index >= 15 is 0 Å². The van der Waals surface area contributed by atoms with Crippen LogP contribution in [-0.2, 0) is 0 Å². The first-order chi connectivity index (χ1) is 7.24. The van der Waals surface area contributed by atoms with Crippen molar-refractivity contribution in [1.29, 1.82) is 0 Å². The highest BCUT2D eigenvalue weighted by Gasteiger charge is 1.96. The van der Waals surface area contributed by atoms with E-state index in [9.17, 15) is 0 Å². The molecule has 0 fully saturated rings. The monoisotopic (exact) mass is 206 g/mol. The van der Waals surface area contributed by atoms with Crippen LogP contribution in [0, 0.1) is 0 Å². The molecule has 0 aromatic heterocycles. The highest BCUT2D eigenvalue weighted by molar-refractivity contribution is 5.49. The van der Waals surface area contributed by atoms with E-state index in [0.717, 1.165) is 11.4 Å². The van der Waals surface area contributed by atoms with Crippen molar-refractivity contribution in [3.05, 3.63) is 36.4 Å². The van der Waals surface area contributed by atoms with Gasteiger partial charge in [0.2, 0.25) is 0 Å². The molecule has 1 aromatic carbocycles. The Kier molecular flexibility index (Phi) is 4.71. The molecule has 2 N–H and O–H groups in total. The number of anilines is 1. The predicted octanol–water partition coefficient (Wildman–Crippen LogP) is 1.65. The third-order valence-corrected chi connectivity index (χ3v) is 1.98. The van der Waals surface area contributed by atoms with E-state index in [0.29, 0.717) is 13.2 Å². The molecule has 0 aliphatic rings. The molecule has 3 heteroatoms. The molecule has 0 saturated carbocycles. The third kappa shape index (κ3) is 4.04. The van der Waals surface area contributed by atoms with Crippen LogP contribution in [0.25, 0.3) is 0 Å². The van der Waals surface area contributed by atoms with Gasteiger partial charge in [0.15, 0.2) is 0 Å². The quantitative estimate of drug-likeness (QED) is 0.744. The van der Waals surface area contributed by atoms with Gasteiger partial charge in [-0.2, -0.15) is 0 Å². The minimum atomic E-state index is 0.557. The van der Waals surface area contributed by atoms with Gasteiger partial charge in [-0.15, -0.1) is 0 Å². The standard InChI is InChI=1S/C12H18N2O/c1-14(2)11-6-5-7-12(10-11)15-9-4-3-8-13/h3-7,10H,8-9,13H2,1-2H3. The van der Waals surface area contributed by atoms with E-state index in [1.54, 1.807) is 0 Å². The van der Waals surface area contributed by atoms with Gasteiger partial charge < -0.3 is 15.4 Å². The molecule has 1 aromatic rings. The van der Waals surface area contributed by atoms with Crippen molar-refractivity contribution in [2.45, 2.75) is 0 Å². The highest BCUT2D eigenvalue weighted by atomic mass is 16.5. The summed E-state index contributed by atoms with van der Waals surface area (Å²) in [6.07, 6.45) is 3.80. The molecule has 1 rings (SSSR count). The van der Waals surface area contributed by atoms with Crippen molar-refractivity contribution in [2.24, 2.45) is 5.73 Å². The summed E-state index contributed by atoms with van der Waals surface area (Å²) in [6, 6.07) is 7.99. The maximum absolute atomic E-state index is 5.53. The number of nitrogens with two attached hydrogens (primary N) is 1. The van der Waals surface area contributed by atoms with Crippen molar-refractivity contribution < 1.29 is 4.74 Å². The van der Waals surface area contributed by atoms with Gasteiger partial charge in [0, 0.05) is 32.4 Å². The van der Waals surface area contributed by atoms with Crippen LogP contribution < -0.4 is 15.4 Å². The number of nitrogens with zero attached hydrogens (tertiary/aromatic N) is 1. The summed E-state index contributed by atoms with van der Waals surface area (Å²) in [4.78, 5) is 2.04. The Morgan fingerprint density at radius 3 is 2.80 bits per heavy atom. The maximum Gasteiger partial charge on any atom is 0.121 e. The molecule has 0 radical (unpaired) electrons. The van der Waals surface area contributed by atoms with Crippen molar-refractivity contribution >= 4 is 5.69 Å². The molecule has 0 aliphatic heterocycles. The summed E-state index contributed by atoms with van der Waals surface area (Å²) in [5, 5.41) is 0. The molecular formula is C12H18N2O. The first-order valence-corrected chi connectivity index (χ1v) is 4.99. The van der Waals surface area contributed by atoms with Crippen molar-refractivity contribution in [1.82, 2.24) is 0 Å². The van der Waals surface area contributed by atoms with Gasteiger partial charge in [0.25, 0.3) is 0 Å². The molecule has 3 nitrogen and oxygen atoms in total. The normalized spacial score (nSPS) is 10.6. The fourth-order valence-corrected chi connectivity index (χ4v) is 1.16. The molecule has 0 heterocycles. The Morgan fingerprint density at radius 2 is 2.13 bits per heavy atom. The number of benzene rings is 1. The van der Waals surface area contributed by atoms with Crippen LogP contribution in [0.3, 0.4) is 0 Å². The van der Waals surface area contributed by atoms with Gasteiger partial charge in [-0.3, -0.25) is 0 Å². The number of rotatable bonds is 5. The largest absolute Gasteiger partial charge is 0.489 e. The van der Waals surface area contributed by atoms with E-state index in [-0.39, 0.29) is 0 Å². The summed E-state index contributed by atoms with van der Waals surface area (Å²) < 4.78 is 5.53. The Bertz CT molecular complexity index is 321. The number of ether oxygens (including phenoxy) is 1. The molecule has 0 aliphatic carbocycles. The minimum absolute atomic E-state index is 0.557. The fourth-order valence-electron chi connectivity index (χ4n) is 1.16. The second-order valence-electron chi connectivity index (χ2n) is 3.41. The Labute approximate surface area is 91.1 Å². The van der Waals surface area contributed by atoms with E-state index < -0.39 is 0 Å². The van der Waals surface area contributed by atoms with E-state index in [2.05, 4.69) is 0 Å². The van der Waals surface area contributed by atoms with Gasteiger partial charge in [-0.25, -0.2) is 0 Å². The van der Waals surface area contributed by atoms with Crippen LogP contribution in [0.2, 0.25) is 0 Å². The third-order valence-electron chi connectivity index (χ3n) is 1.98. The first-order valence-electron chi connectivity index (χ1n) is 4.99. The van der Waals surface area contributed by atoms with Gasteiger partial charge >= 0.3 is 0 Å². The van der Waals surface area contributed by atoms with Crippen molar-refractivity contribution in [3.63, 3.8) is 0 Å². The maximum atomic E-state index is 5.53. The lowest BCUT2D eigenvalue weighted by Gasteiger charge is -2.13. The Balaban J connectivity index is 2.54. The molecule has 0 unspecified atom stereocenters. The van der Waals surface area contributed by atoms with Gasteiger partial charge in [-0.05, 0) is 12.1 Å². The van der Waals surface area contributed by atoms with Crippen LogP contribution in [-0.4, -0.2) is 27.2 Å². The minimum Gasteiger partial charge on any atom is -0.489 e. The first kappa shape index (κ1) is 11.6. The number of hydrogen-bond acceptors (Lipinski definition) is 3. The Morgan fingerprint density at radius 1 is 1.33 bits per heavy atom. The van der Waals surface area contributed by atoms with Crippen LogP contribution in [0.15, 0.2) is 36.4 Å². The zero-order valence-electron chi connectivity index (χ0n) is 9.31. The molecule has 0 bridgehead atoms. The summed E-state index contributed by atoms with van der Waals surface area (Å²) in [5.74, 6) is 0.878. The molecular weight excluding hydrogens is 188 g/mol. The number of hydrogen-bond donors (Lipinski definition) is 1. The van der Waals surface area contributed by atoms with Crippen molar-refractivity contribution in [2.75, 3.05) is 32.1 Å². The lowest BCUT2D eigenvalue weighted by atomic mass is 10.3. The lowest BCUT2D eigenvalue weighted by Crippen LogP contribution is -2.08. The zero-order chi connectivity index (χ0) is 11.1. The average Bonchev–Trinajstić information content (AvgIpc) is 2.25. The smallest absolute Gasteiger partial charge is 0.121 e. The van der Waals surface area contributed by atoms with Gasteiger partial charge in [0.05, 0.1) is 0 Å². The zero-order valence-corrected chi connectivity index (χ0v) is 9.31. The van der Waals surface area contributed by atoms with E-state index in [1.165, 1.54) is 0 Å². The predicted molar refractivity (Wildman–Crippen MR) is 64.5 cm³/mol. The summed E-state index contributed by atoms with van der Waals surface area (Å²) in [6.45, 7) is 1.12. The molecule has 0 spiro atoms. The average molecular weight is 206 g/mol. The van der Waals surface area contributed by atoms with E-state index in [4.69, 9.17) is 10.5 Å². The van der Waals surface area contributed by atoms with Crippen LogP contribution in [0.5, 0.6) is 5.75 Å². The second kappa shape index (κ2) is 6.09. The molecule has 0 atom stereocenters. The van der Waals surface area contributed by atoms with Crippen LogP contribution in [0.4, 0.5) is 5.69 Å². The molecule has 15 heavy (non-hydrogen) atoms. The van der Waals surface area contributed by atoms with Gasteiger partial charge in [0.1, 0.15) is 12.4 Å². The SMILES string of the molecule is CN(C)c1cccc(OCC=CCN)c1. The Hall–Kier alpha value is -1.48. The summed E-state index contributed by atoms with van der Waals surface area (Å²) in [5.41, 5.74) is 6.46. The molecule has 0 amide bonds. The molecule has 82 valence electrons. The van der Waals surface area contributed by atoms with E-state index in [1.807, 2.05) is 55.4 Å². The topological polar surface area (TPSA) is 38.5 Å². The van der Waals surface area contributed by atoms with Crippen molar-refractivity contribution in [3.8, 4) is 5.75 Å². The van der Waals surface area contributed by atoms with Crippen LogP contribution >= 0.6 is 0 Å². The van der Waals surface area contributed by atoms with Crippen LogP contribution in [0.1, 0.15) is 0 Å². The summed E-state index contributed by atoms with van der Waals surface area (Å²) >= 11 is 0. The highest BCUT2D eigenvalue weighted by Crippen LogP contribution is 2.18.